The molecular weight excluding hydrogens is 892 g/mol. The first-order chi connectivity index (χ1) is 34.1. The summed E-state index contributed by atoms with van der Waals surface area (Å²) in [5.41, 5.74) is 24.3. The average Bonchev–Trinajstić information content (AvgIpc) is 3.92. The van der Waals surface area contributed by atoms with E-state index < -0.39 is 0 Å². The summed E-state index contributed by atoms with van der Waals surface area (Å²) >= 11 is 1.98. The molecule has 0 N–H and O–H groups in total. The van der Waals surface area contributed by atoms with Crippen molar-refractivity contribution < 1.29 is 4.42 Å². The molecule has 0 spiro atoms. The Morgan fingerprint density at radius 3 is 1.69 bits per heavy atom. The molecule has 9 aromatic rings. The first kappa shape index (κ1) is 44.9. The number of nitrogens with zero attached hydrogens (tertiary/aromatic N) is 2. The quantitative estimate of drug-likeness (QED) is 0.161. The fraction of sp³-hybridized carbons (Fsp3) is 0.373. The standard InChI is InChI=1S/C67H69BN2OS/c1-38-32-46-49(66(10,11)30-28-63(46,4)5)36-52(38)69-59-51(24-25-55-57(59)41-19-14-16-20-54(41)71-55)68-58-43(34-44-40-18-15-17-21-56(40)72-61(44)60(58)69)42-35-48-50(67(12,13)31-29-65(48,8)9)37-53(42)70(68)39-22-23-45-47(33-39)64(6,7)27-26-62(45,2)3/h14-25,32-37H,26-31H2,1-13H3. The van der Waals surface area contributed by atoms with Crippen LogP contribution in [-0.2, 0) is 32.5 Å². The van der Waals surface area contributed by atoms with E-state index in [-0.39, 0.29) is 39.3 Å². The molecule has 0 bridgehead atoms. The van der Waals surface area contributed by atoms with Gasteiger partial charge in [-0.05, 0) is 188 Å². The number of rotatable bonds is 2. The van der Waals surface area contributed by atoms with Gasteiger partial charge in [-0.1, -0.05) is 138 Å². The summed E-state index contributed by atoms with van der Waals surface area (Å²) in [6.45, 7) is 32.0. The summed E-state index contributed by atoms with van der Waals surface area (Å²) in [6.07, 6.45) is 7.03. The largest absolute Gasteiger partial charge is 0.456 e. The Labute approximate surface area is 431 Å². The predicted molar refractivity (Wildman–Crippen MR) is 311 cm³/mol. The van der Waals surface area contributed by atoms with Gasteiger partial charge in [-0.15, -0.1) is 11.3 Å². The van der Waals surface area contributed by atoms with E-state index in [1.807, 2.05) is 11.3 Å². The van der Waals surface area contributed by atoms with Crippen LogP contribution in [0.15, 0.2) is 114 Å². The number of aryl methyl sites for hydroxylation is 1. The predicted octanol–water partition coefficient (Wildman–Crippen LogP) is 18.0. The number of furan rings is 1. The van der Waals surface area contributed by atoms with Crippen LogP contribution in [0.3, 0.4) is 0 Å². The minimum Gasteiger partial charge on any atom is -0.456 e. The lowest BCUT2D eigenvalue weighted by molar-refractivity contribution is 0.332. The number of anilines is 5. The van der Waals surface area contributed by atoms with Gasteiger partial charge < -0.3 is 14.1 Å². The zero-order valence-corrected chi connectivity index (χ0v) is 45.7. The molecule has 14 rings (SSSR count). The summed E-state index contributed by atoms with van der Waals surface area (Å²) in [4.78, 5) is 5.60. The summed E-state index contributed by atoms with van der Waals surface area (Å²) in [5.74, 6) is 0. The van der Waals surface area contributed by atoms with Crippen molar-refractivity contribution in [2.24, 2.45) is 0 Å². The molecule has 2 aromatic heterocycles. The molecule has 5 aliphatic rings. The Kier molecular flexibility index (Phi) is 8.91. The zero-order valence-electron chi connectivity index (χ0n) is 44.9. The second kappa shape index (κ2) is 14.3. The maximum Gasteiger partial charge on any atom is 0.333 e. The second-order valence-electron chi connectivity index (χ2n) is 26.9. The summed E-state index contributed by atoms with van der Waals surface area (Å²) in [5, 5.41) is 5.03. The van der Waals surface area contributed by atoms with E-state index in [4.69, 9.17) is 4.42 Å². The summed E-state index contributed by atoms with van der Waals surface area (Å²) in [7, 11) is 0. The van der Waals surface area contributed by atoms with Gasteiger partial charge in [0.2, 0.25) is 0 Å². The van der Waals surface area contributed by atoms with Crippen LogP contribution < -0.4 is 20.6 Å². The van der Waals surface area contributed by atoms with Crippen LogP contribution in [-0.4, -0.2) is 6.85 Å². The van der Waals surface area contributed by atoms with Gasteiger partial charge in [-0.2, -0.15) is 0 Å². The molecule has 5 heteroatoms. The molecule has 0 radical (unpaired) electrons. The Bertz CT molecular complexity index is 3870. The van der Waals surface area contributed by atoms with Crippen molar-refractivity contribution in [1.29, 1.82) is 0 Å². The van der Waals surface area contributed by atoms with Crippen molar-refractivity contribution in [3.8, 4) is 11.1 Å². The molecule has 362 valence electrons. The van der Waals surface area contributed by atoms with Crippen LogP contribution in [0.4, 0.5) is 28.4 Å². The lowest BCUT2D eigenvalue weighted by Gasteiger charge is -2.49. The fourth-order valence-corrected chi connectivity index (χ4v) is 16.0. The Morgan fingerprint density at radius 1 is 0.472 bits per heavy atom. The smallest absolute Gasteiger partial charge is 0.333 e. The molecule has 0 atom stereocenters. The topological polar surface area (TPSA) is 19.6 Å². The van der Waals surface area contributed by atoms with Crippen molar-refractivity contribution >= 4 is 99.7 Å². The number of para-hydroxylation sites is 1. The molecule has 0 saturated heterocycles. The minimum atomic E-state index is -0.134. The minimum absolute atomic E-state index is 0.0239. The highest BCUT2D eigenvalue weighted by molar-refractivity contribution is 7.26. The average molecular weight is 961 g/mol. The van der Waals surface area contributed by atoms with Gasteiger partial charge >= 0.3 is 6.85 Å². The van der Waals surface area contributed by atoms with Crippen molar-refractivity contribution in [2.45, 2.75) is 161 Å². The number of hydrogen-bond acceptors (Lipinski definition) is 4. The molecule has 0 fully saturated rings. The van der Waals surface area contributed by atoms with E-state index in [1.165, 1.54) is 141 Å². The monoisotopic (exact) mass is 961 g/mol. The highest BCUT2D eigenvalue weighted by Crippen LogP contribution is 2.59. The van der Waals surface area contributed by atoms with E-state index in [1.54, 1.807) is 0 Å². The lowest BCUT2D eigenvalue weighted by atomic mass is 9.43. The number of thiophene rings is 1. The van der Waals surface area contributed by atoms with E-state index in [9.17, 15) is 0 Å². The maximum absolute atomic E-state index is 6.95. The number of hydrogen-bond donors (Lipinski definition) is 0. The molecule has 3 nitrogen and oxygen atoms in total. The van der Waals surface area contributed by atoms with Gasteiger partial charge in [0.1, 0.15) is 11.2 Å². The molecule has 0 unspecified atom stereocenters. The van der Waals surface area contributed by atoms with Crippen molar-refractivity contribution in [3.63, 3.8) is 0 Å². The lowest BCUT2D eigenvalue weighted by Crippen LogP contribution is -2.61. The highest BCUT2D eigenvalue weighted by atomic mass is 32.1. The third kappa shape index (κ3) is 5.98. The van der Waals surface area contributed by atoms with Gasteiger partial charge in [0.15, 0.2) is 0 Å². The van der Waals surface area contributed by atoms with E-state index in [0.717, 1.165) is 29.4 Å². The SMILES string of the molecule is Cc1cc2c(cc1N1c3c4c(cc5c3sc3ccccc35)-c3cc5c(cc3N(c3ccc6c(c3)C(C)(C)CCC6(C)C)B4c3ccc4oc6ccccc6c4c31)C(C)(C)CCC5(C)C)C(C)(C)CCC2(C)C. The Balaban J connectivity index is 1.20. The first-order valence-electron chi connectivity index (χ1n) is 27.1. The van der Waals surface area contributed by atoms with Crippen molar-refractivity contribution in [1.82, 2.24) is 0 Å². The summed E-state index contributed by atoms with van der Waals surface area (Å²) < 4.78 is 9.63. The summed E-state index contributed by atoms with van der Waals surface area (Å²) in [6, 6.07) is 43.5. The van der Waals surface area contributed by atoms with E-state index in [2.05, 4.69) is 209 Å². The van der Waals surface area contributed by atoms with E-state index in [0.29, 0.717) is 0 Å². The molecule has 3 aliphatic carbocycles. The number of benzene rings is 7. The van der Waals surface area contributed by atoms with E-state index >= 15 is 0 Å². The van der Waals surface area contributed by atoms with Crippen LogP contribution in [0.1, 0.15) is 161 Å². The van der Waals surface area contributed by atoms with Crippen molar-refractivity contribution in [3.05, 3.63) is 148 Å². The maximum atomic E-state index is 6.95. The highest BCUT2D eigenvalue weighted by Gasteiger charge is 2.50. The third-order valence-electron chi connectivity index (χ3n) is 19.5. The molecule has 0 saturated carbocycles. The number of fused-ring (bicyclic) bond motifs is 15. The molecule has 7 aromatic carbocycles. The fourth-order valence-electron chi connectivity index (χ4n) is 14.8. The third-order valence-corrected chi connectivity index (χ3v) is 20.7. The normalized spacial score (nSPS) is 20.3. The van der Waals surface area contributed by atoms with Crippen LogP contribution in [0.2, 0.25) is 0 Å². The Morgan fingerprint density at radius 2 is 1.03 bits per heavy atom. The van der Waals surface area contributed by atoms with Gasteiger partial charge in [0, 0.05) is 43.5 Å². The van der Waals surface area contributed by atoms with Crippen LogP contribution in [0.25, 0.3) is 53.2 Å². The molecule has 4 heterocycles. The van der Waals surface area contributed by atoms with Crippen LogP contribution in [0.5, 0.6) is 0 Å². The van der Waals surface area contributed by atoms with Gasteiger partial charge in [-0.3, -0.25) is 0 Å². The van der Waals surface area contributed by atoms with Crippen LogP contribution in [0, 0.1) is 6.92 Å². The van der Waals surface area contributed by atoms with Crippen LogP contribution >= 0.6 is 11.3 Å². The first-order valence-corrected chi connectivity index (χ1v) is 27.9. The molecular formula is C67H69BN2OS. The Hall–Kier alpha value is -5.78. The van der Waals surface area contributed by atoms with Gasteiger partial charge in [0.25, 0.3) is 0 Å². The van der Waals surface area contributed by atoms with Crippen molar-refractivity contribution in [2.75, 3.05) is 9.71 Å². The molecule has 2 aliphatic heterocycles. The van der Waals surface area contributed by atoms with Gasteiger partial charge in [0.05, 0.1) is 21.5 Å². The molecule has 0 amide bonds. The van der Waals surface area contributed by atoms with Gasteiger partial charge in [-0.25, -0.2) is 0 Å². The second-order valence-corrected chi connectivity index (χ2v) is 27.9. The molecule has 72 heavy (non-hydrogen) atoms. The zero-order chi connectivity index (χ0) is 50.0.